The van der Waals surface area contributed by atoms with Gasteiger partial charge < -0.3 is 5.32 Å². The van der Waals surface area contributed by atoms with Gasteiger partial charge in [-0.05, 0) is 42.9 Å². The maximum Gasteiger partial charge on any atom is 0.269 e. The first-order chi connectivity index (χ1) is 13.8. The highest BCUT2D eigenvalue weighted by atomic mass is 16.1. The lowest BCUT2D eigenvalue weighted by atomic mass is 10.0. The quantitative estimate of drug-likeness (QED) is 0.712. The van der Waals surface area contributed by atoms with Gasteiger partial charge in [0.2, 0.25) is 0 Å². The van der Waals surface area contributed by atoms with Gasteiger partial charge in [0.15, 0.2) is 0 Å². The van der Waals surface area contributed by atoms with Crippen LogP contribution in [-0.2, 0) is 0 Å². The fourth-order valence-corrected chi connectivity index (χ4v) is 4.03. The number of benzene rings is 2. The third kappa shape index (κ3) is 4.39. The van der Waals surface area contributed by atoms with Crippen LogP contribution < -0.4 is 5.32 Å². The highest BCUT2D eigenvalue weighted by molar-refractivity contribution is 5.96. The number of pyridine rings is 1. The Kier molecular flexibility index (Phi) is 5.98. The van der Waals surface area contributed by atoms with Gasteiger partial charge in [0.25, 0.3) is 5.91 Å². The van der Waals surface area contributed by atoms with Gasteiger partial charge in [0.05, 0.1) is 6.04 Å². The molecule has 0 unspecified atom stereocenters. The van der Waals surface area contributed by atoms with E-state index < -0.39 is 0 Å². The van der Waals surface area contributed by atoms with E-state index in [2.05, 4.69) is 39.5 Å². The summed E-state index contributed by atoms with van der Waals surface area (Å²) < 4.78 is 0. The summed E-state index contributed by atoms with van der Waals surface area (Å²) in [5, 5.41) is 5.22. The molecule has 4 rings (SSSR count). The molecule has 144 valence electrons. The first-order valence-electron chi connectivity index (χ1n) is 10.2. The normalized spacial score (nSPS) is 16.4. The molecule has 1 fully saturated rings. The van der Waals surface area contributed by atoms with Gasteiger partial charge in [-0.25, -0.2) is 0 Å². The number of aromatic nitrogens is 1. The SMILES string of the molecule is O=C(NC[C@@H](c1ccccc1)N1CCCCCC1)c1cc2ccccc2cn1. The Hall–Kier alpha value is -2.72. The number of carbonyl (C=O) groups excluding carboxylic acids is 1. The number of likely N-dealkylation sites (tertiary alicyclic amines) is 1. The fourth-order valence-electron chi connectivity index (χ4n) is 4.03. The van der Waals surface area contributed by atoms with Crippen LogP contribution in [0.15, 0.2) is 66.9 Å². The summed E-state index contributed by atoms with van der Waals surface area (Å²) >= 11 is 0. The van der Waals surface area contributed by atoms with Crippen LogP contribution in [-0.4, -0.2) is 35.4 Å². The van der Waals surface area contributed by atoms with Crippen molar-refractivity contribution in [3.05, 3.63) is 78.1 Å². The molecule has 1 atom stereocenters. The zero-order valence-electron chi connectivity index (χ0n) is 16.2. The van der Waals surface area contributed by atoms with E-state index in [1.165, 1.54) is 31.2 Å². The molecule has 28 heavy (non-hydrogen) atoms. The van der Waals surface area contributed by atoms with Gasteiger partial charge in [-0.3, -0.25) is 14.7 Å². The molecule has 4 nitrogen and oxygen atoms in total. The second kappa shape index (κ2) is 8.98. The molecule has 1 aliphatic rings. The molecule has 0 spiro atoms. The molecule has 3 aromatic rings. The predicted molar refractivity (Wildman–Crippen MR) is 113 cm³/mol. The first-order valence-corrected chi connectivity index (χ1v) is 10.2. The highest BCUT2D eigenvalue weighted by Gasteiger charge is 2.22. The summed E-state index contributed by atoms with van der Waals surface area (Å²) in [6.45, 7) is 2.77. The van der Waals surface area contributed by atoms with Crippen molar-refractivity contribution in [2.75, 3.05) is 19.6 Å². The second-order valence-electron chi connectivity index (χ2n) is 7.50. The summed E-state index contributed by atoms with van der Waals surface area (Å²) in [7, 11) is 0. The van der Waals surface area contributed by atoms with Crippen molar-refractivity contribution in [1.29, 1.82) is 0 Å². The van der Waals surface area contributed by atoms with Crippen molar-refractivity contribution in [2.24, 2.45) is 0 Å². The van der Waals surface area contributed by atoms with Crippen LogP contribution in [0.1, 0.15) is 47.8 Å². The Labute approximate surface area is 166 Å². The molecule has 1 aromatic heterocycles. The van der Waals surface area contributed by atoms with E-state index in [1.807, 2.05) is 36.4 Å². The average molecular weight is 374 g/mol. The number of hydrogen-bond acceptors (Lipinski definition) is 3. The van der Waals surface area contributed by atoms with E-state index in [9.17, 15) is 4.79 Å². The molecule has 2 aromatic carbocycles. The molecule has 0 bridgehead atoms. The Morgan fingerprint density at radius 2 is 1.61 bits per heavy atom. The summed E-state index contributed by atoms with van der Waals surface area (Å²) in [5.74, 6) is -0.110. The number of amides is 1. The fraction of sp³-hybridized carbons (Fsp3) is 0.333. The van der Waals surface area contributed by atoms with Crippen molar-refractivity contribution in [3.8, 4) is 0 Å². The van der Waals surface area contributed by atoms with Gasteiger partial charge in [-0.15, -0.1) is 0 Å². The van der Waals surface area contributed by atoms with E-state index in [1.54, 1.807) is 6.20 Å². The number of fused-ring (bicyclic) bond motifs is 1. The maximum atomic E-state index is 12.8. The molecule has 4 heteroatoms. The molecule has 0 aliphatic carbocycles. The van der Waals surface area contributed by atoms with E-state index in [4.69, 9.17) is 0 Å². The van der Waals surface area contributed by atoms with Crippen LogP contribution in [0.5, 0.6) is 0 Å². The summed E-state index contributed by atoms with van der Waals surface area (Å²) in [6, 6.07) is 20.6. The minimum atomic E-state index is -0.110. The zero-order chi connectivity index (χ0) is 19.2. The van der Waals surface area contributed by atoms with Gasteiger partial charge in [0.1, 0.15) is 5.69 Å². The molecule has 0 saturated carbocycles. The third-order valence-electron chi connectivity index (χ3n) is 5.59. The van der Waals surface area contributed by atoms with E-state index >= 15 is 0 Å². The minimum absolute atomic E-state index is 0.110. The Balaban J connectivity index is 1.50. The predicted octanol–water partition coefficient (Wildman–Crippen LogP) is 4.58. The van der Waals surface area contributed by atoms with Crippen LogP contribution in [0.25, 0.3) is 10.8 Å². The standard InChI is InChI=1S/C24H27N3O/c28-24(22-16-20-12-6-7-13-21(20)17-25-22)26-18-23(19-10-4-3-5-11-19)27-14-8-1-2-9-15-27/h3-7,10-13,16-17,23H,1-2,8-9,14-15,18H2,(H,26,28)/t23-/m0/s1. The molecule has 2 heterocycles. The number of hydrogen-bond donors (Lipinski definition) is 1. The molecule has 1 aliphatic heterocycles. The minimum Gasteiger partial charge on any atom is -0.349 e. The van der Waals surface area contributed by atoms with Crippen LogP contribution in [0.2, 0.25) is 0 Å². The van der Waals surface area contributed by atoms with Crippen molar-refractivity contribution in [3.63, 3.8) is 0 Å². The zero-order valence-corrected chi connectivity index (χ0v) is 16.2. The maximum absolute atomic E-state index is 12.8. The van der Waals surface area contributed by atoms with Gasteiger partial charge >= 0.3 is 0 Å². The monoisotopic (exact) mass is 373 g/mol. The van der Waals surface area contributed by atoms with E-state index in [0.717, 1.165) is 23.9 Å². The van der Waals surface area contributed by atoms with E-state index in [-0.39, 0.29) is 11.9 Å². The van der Waals surface area contributed by atoms with Crippen LogP contribution in [0.4, 0.5) is 0 Å². The number of carbonyl (C=O) groups is 1. The molecular weight excluding hydrogens is 346 g/mol. The smallest absolute Gasteiger partial charge is 0.269 e. The average Bonchev–Trinajstić information content (AvgIpc) is 3.04. The Morgan fingerprint density at radius 3 is 2.36 bits per heavy atom. The van der Waals surface area contributed by atoms with Gasteiger partial charge in [-0.2, -0.15) is 0 Å². The number of nitrogens with one attached hydrogen (secondary N) is 1. The molecular formula is C24H27N3O. The van der Waals surface area contributed by atoms with E-state index in [0.29, 0.717) is 12.2 Å². The van der Waals surface area contributed by atoms with Gasteiger partial charge in [-0.1, -0.05) is 67.4 Å². The summed E-state index contributed by atoms with van der Waals surface area (Å²) in [5.41, 5.74) is 1.73. The second-order valence-corrected chi connectivity index (χ2v) is 7.50. The van der Waals surface area contributed by atoms with Gasteiger partial charge in [0, 0.05) is 18.1 Å². The van der Waals surface area contributed by atoms with Crippen molar-refractivity contribution >= 4 is 16.7 Å². The number of rotatable bonds is 5. The molecule has 0 radical (unpaired) electrons. The largest absolute Gasteiger partial charge is 0.349 e. The lowest BCUT2D eigenvalue weighted by Crippen LogP contribution is -2.38. The molecule has 1 amide bonds. The lowest BCUT2D eigenvalue weighted by Gasteiger charge is -2.31. The molecule has 1 N–H and O–H groups in total. The topological polar surface area (TPSA) is 45.2 Å². The number of nitrogens with zero attached hydrogens (tertiary/aromatic N) is 2. The molecule has 1 saturated heterocycles. The van der Waals surface area contributed by atoms with Crippen LogP contribution in [0, 0.1) is 0 Å². The van der Waals surface area contributed by atoms with Crippen molar-refractivity contribution in [2.45, 2.75) is 31.7 Å². The Bertz CT molecular complexity index is 917. The highest BCUT2D eigenvalue weighted by Crippen LogP contribution is 2.24. The summed E-state index contributed by atoms with van der Waals surface area (Å²) in [4.78, 5) is 19.7. The van der Waals surface area contributed by atoms with Crippen molar-refractivity contribution < 1.29 is 4.79 Å². The van der Waals surface area contributed by atoms with Crippen LogP contribution >= 0.6 is 0 Å². The Morgan fingerprint density at radius 1 is 0.929 bits per heavy atom. The lowest BCUT2D eigenvalue weighted by molar-refractivity contribution is 0.0928. The van der Waals surface area contributed by atoms with Crippen molar-refractivity contribution in [1.82, 2.24) is 15.2 Å². The first kappa shape index (κ1) is 18.6. The summed E-state index contributed by atoms with van der Waals surface area (Å²) in [6.07, 6.45) is 6.82. The third-order valence-corrected chi connectivity index (χ3v) is 5.59. The van der Waals surface area contributed by atoms with Crippen LogP contribution in [0.3, 0.4) is 0 Å².